The lowest BCUT2D eigenvalue weighted by atomic mass is 9.97. The van der Waals surface area contributed by atoms with Gasteiger partial charge in [-0.2, -0.15) is 0 Å². The van der Waals surface area contributed by atoms with E-state index in [-0.39, 0.29) is 11.8 Å². The summed E-state index contributed by atoms with van der Waals surface area (Å²) in [6.07, 6.45) is 1.60. The molecule has 0 aliphatic carbocycles. The summed E-state index contributed by atoms with van der Waals surface area (Å²) in [6, 6.07) is 0. The number of piperidine rings is 1. The summed E-state index contributed by atoms with van der Waals surface area (Å²) >= 11 is 8.96. The number of likely N-dealkylation sites (tertiary alicyclic amines) is 1. The molecule has 1 amide bonds. The van der Waals surface area contributed by atoms with E-state index in [1.165, 1.54) is 0 Å². The maximum atomic E-state index is 10.8. The number of amides is 1. The Morgan fingerprint density at radius 1 is 1.50 bits per heavy atom. The van der Waals surface area contributed by atoms with Crippen LogP contribution in [0.1, 0.15) is 12.8 Å². The predicted molar refractivity (Wildman–Crippen MR) is 55.1 cm³/mol. The normalized spacial score (nSPS) is 19.2. The van der Waals surface area contributed by atoms with E-state index in [0.717, 1.165) is 25.9 Å². The molecule has 1 rings (SSSR count). The van der Waals surface area contributed by atoms with Gasteiger partial charge in [0.2, 0.25) is 5.91 Å². The SMILES string of the molecule is NC(=O)C1CCN(C(=S)S)CC1. The van der Waals surface area contributed by atoms with Gasteiger partial charge in [-0.3, -0.25) is 4.79 Å². The first-order valence-corrected chi connectivity index (χ1v) is 4.74. The molecule has 0 aromatic rings. The Bertz CT molecular complexity index is 178. The van der Waals surface area contributed by atoms with Crippen LogP contribution in [-0.2, 0) is 4.79 Å². The third kappa shape index (κ3) is 2.35. The summed E-state index contributed by atoms with van der Waals surface area (Å²) in [7, 11) is 0. The van der Waals surface area contributed by atoms with Crippen LogP contribution >= 0.6 is 24.8 Å². The fraction of sp³-hybridized carbons (Fsp3) is 0.714. The summed E-state index contributed by atoms with van der Waals surface area (Å²) in [4.78, 5) is 12.8. The van der Waals surface area contributed by atoms with Gasteiger partial charge < -0.3 is 10.6 Å². The molecule has 1 aliphatic heterocycles. The number of thiocarbonyl (C=S) groups is 1. The largest absolute Gasteiger partial charge is 0.369 e. The molecular weight excluding hydrogens is 192 g/mol. The summed E-state index contributed by atoms with van der Waals surface area (Å²) < 4.78 is 0.609. The maximum absolute atomic E-state index is 10.8. The molecule has 1 heterocycles. The van der Waals surface area contributed by atoms with Crippen molar-refractivity contribution in [1.82, 2.24) is 4.90 Å². The second-order valence-electron chi connectivity index (χ2n) is 2.95. The molecule has 2 N–H and O–H groups in total. The average molecular weight is 204 g/mol. The number of nitrogens with two attached hydrogens (primary N) is 1. The van der Waals surface area contributed by atoms with E-state index in [0.29, 0.717) is 4.32 Å². The molecule has 3 nitrogen and oxygen atoms in total. The van der Waals surface area contributed by atoms with Crippen LogP contribution in [0.5, 0.6) is 0 Å². The van der Waals surface area contributed by atoms with Crippen molar-refractivity contribution in [3.8, 4) is 0 Å². The van der Waals surface area contributed by atoms with Crippen molar-refractivity contribution in [3.63, 3.8) is 0 Å². The lowest BCUT2D eigenvalue weighted by Crippen LogP contribution is -2.39. The molecule has 0 aromatic carbocycles. The van der Waals surface area contributed by atoms with Gasteiger partial charge in [0.05, 0.1) is 0 Å². The Morgan fingerprint density at radius 2 is 2.00 bits per heavy atom. The van der Waals surface area contributed by atoms with Crippen LogP contribution < -0.4 is 5.73 Å². The molecular formula is C7H12N2OS2. The number of rotatable bonds is 1. The fourth-order valence-electron chi connectivity index (χ4n) is 1.36. The van der Waals surface area contributed by atoms with Crippen LogP contribution in [0.2, 0.25) is 0 Å². The van der Waals surface area contributed by atoms with E-state index in [1.54, 1.807) is 0 Å². The zero-order valence-corrected chi connectivity index (χ0v) is 8.40. The van der Waals surface area contributed by atoms with Gasteiger partial charge in [-0.1, -0.05) is 12.2 Å². The van der Waals surface area contributed by atoms with Crippen molar-refractivity contribution in [1.29, 1.82) is 0 Å². The maximum Gasteiger partial charge on any atom is 0.220 e. The van der Waals surface area contributed by atoms with Crippen LogP contribution in [0.15, 0.2) is 0 Å². The topological polar surface area (TPSA) is 46.3 Å². The van der Waals surface area contributed by atoms with Crippen LogP contribution in [-0.4, -0.2) is 28.2 Å². The van der Waals surface area contributed by atoms with Crippen LogP contribution in [0, 0.1) is 5.92 Å². The molecule has 0 aromatic heterocycles. The first-order valence-electron chi connectivity index (χ1n) is 3.88. The minimum absolute atomic E-state index is 0.0314. The second-order valence-corrected chi connectivity index (χ2v) is 4.06. The molecule has 0 radical (unpaired) electrons. The summed E-state index contributed by atoms with van der Waals surface area (Å²) in [6.45, 7) is 1.60. The monoisotopic (exact) mass is 204 g/mol. The van der Waals surface area contributed by atoms with E-state index in [1.807, 2.05) is 4.90 Å². The Morgan fingerprint density at radius 3 is 2.33 bits per heavy atom. The Hall–Kier alpha value is -0.290. The molecule has 0 unspecified atom stereocenters. The van der Waals surface area contributed by atoms with Gasteiger partial charge in [0, 0.05) is 19.0 Å². The standard InChI is InChI=1S/C7H12N2OS2/c8-6(10)5-1-3-9(4-2-5)7(11)12/h5H,1-4H2,(H2,8,10)(H,11,12). The van der Waals surface area contributed by atoms with Gasteiger partial charge in [-0.15, -0.1) is 12.6 Å². The Labute approximate surface area is 82.7 Å². The van der Waals surface area contributed by atoms with Gasteiger partial charge in [-0.25, -0.2) is 0 Å². The van der Waals surface area contributed by atoms with E-state index in [2.05, 4.69) is 12.6 Å². The summed E-state index contributed by atoms with van der Waals surface area (Å²) in [5, 5.41) is 0. The van der Waals surface area contributed by atoms with E-state index in [9.17, 15) is 4.79 Å². The van der Waals surface area contributed by atoms with Crippen molar-refractivity contribution >= 4 is 35.1 Å². The minimum atomic E-state index is -0.195. The van der Waals surface area contributed by atoms with Gasteiger partial charge in [-0.05, 0) is 12.8 Å². The van der Waals surface area contributed by atoms with Gasteiger partial charge in [0.1, 0.15) is 4.32 Å². The van der Waals surface area contributed by atoms with Crippen molar-refractivity contribution in [2.45, 2.75) is 12.8 Å². The number of hydrogen-bond acceptors (Lipinski definition) is 2. The highest BCUT2D eigenvalue weighted by atomic mass is 32.1. The molecule has 12 heavy (non-hydrogen) atoms. The highest BCUT2D eigenvalue weighted by Crippen LogP contribution is 2.17. The molecule has 1 saturated heterocycles. The molecule has 0 atom stereocenters. The summed E-state index contributed by atoms with van der Waals surface area (Å²) in [5.41, 5.74) is 5.18. The van der Waals surface area contributed by atoms with Gasteiger partial charge in [0.15, 0.2) is 0 Å². The fourth-order valence-corrected chi connectivity index (χ4v) is 1.74. The quantitative estimate of drug-likeness (QED) is 0.480. The molecule has 0 bridgehead atoms. The van der Waals surface area contributed by atoms with Crippen LogP contribution in [0.4, 0.5) is 0 Å². The highest BCUT2D eigenvalue weighted by Gasteiger charge is 2.23. The first-order chi connectivity index (χ1) is 5.61. The Kier molecular flexibility index (Phi) is 3.34. The predicted octanol–water partition coefficient (Wildman–Crippen LogP) is 0.398. The van der Waals surface area contributed by atoms with E-state index >= 15 is 0 Å². The third-order valence-corrected chi connectivity index (χ3v) is 2.71. The van der Waals surface area contributed by atoms with E-state index in [4.69, 9.17) is 18.0 Å². The number of primary amides is 1. The average Bonchev–Trinajstić information content (AvgIpc) is 2.04. The zero-order valence-electron chi connectivity index (χ0n) is 6.69. The first kappa shape index (κ1) is 9.80. The number of carbonyl (C=O) groups is 1. The molecule has 0 spiro atoms. The van der Waals surface area contributed by atoms with Crippen molar-refractivity contribution in [2.75, 3.05) is 13.1 Å². The number of hydrogen-bond donors (Lipinski definition) is 2. The molecule has 68 valence electrons. The number of carbonyl (C=O) groups excluding carboxylic acids is 1. The minimum Gasteiger partial charge on any atom is -0.369 e. The summed E-state index contributed by atoms with van der Waals surface area (Å²) in [5.74, 6) is -0.163. The molecule has 1 fully saturated rings. The smallest absolute Gasteiger partial charge is 0.220 e. The van der Waals surface area contributed by atoms with Crippen molar-refractivity contribution < 1.29 is 4.79 Å². The second kappa shape index (κ2) is 4.09. The molecule has 5 heteroatoms. The Balaban J connectivity index is 2.39. The van der Waals surface area contributed by atoms with Gasteiger partial charge in [0.25, 0.3) is 0 Å². The third-order valence-electron chi connectivity index (χ3n) is 2.17. The van der Waals surface area contributed by atoms with Crippen molar-refractivity contribution in [3.05, 3.63) is 0 Å². The zero-order chi connectivity index (χ0) is 9.14. The van der Waals surface area contributed by atoms with Crippen LogP contribution in [0.3, 0.4) is 0 Å². The van der Waals surface area contributed by atoms with Crippen molar-refractivity contribution in [2.24, 2.45) is 11.7 Å². The lowest BCUT2D eigenvalue weighted by Gasteiger charge is -2.30. The highest BCUT2D eigenvalue weighted by molar-refractivity contribution is 8.10. The van der Waals surface area contributed by atoms with E-state index < -0.39 is 0 Å². The lowest BCUT2D eigenvalue weighted by molar-refractivity contribution is -0.122. The van der Waals surface area contributed by atoms with Crippen LogP contribution in [0.25, 0.3) is 0 Å². The molecule has 0 saturated carbocycles. The number of nitrogens with zero attached hydrogens (tertiary/aromatic N) is 1. The number of thiol groups is 1. The molecule has 1 aliphatic rings. The van der Waals surface area contributed by atoms with Gasteiger partial charge >= 0.3 is 0 Å².